The fourth-order valence-electron chi connectivity index (χ4n) is 13.0. The Bertz CT molecular complexity index is 4000. The van der Waals surface area contributed by atoms with E-state index in [4.69, 9.17) is 48.9 Å². The van der Waals surface area contributed by atoms with Gasteiger partial charge in [-0.3, -0.25) is 18.4 Å². The van der Waals surface area contributed by atoms with Crippen LogP contribution in [-0.4, -0.2) is 89.9 Å². The summed E-state index contributed by atoms with van der Waals surface area (Å²) in [4.78, 5) is 42.1. The fraction of sp³-hybridized carbons (Fsp3) is 0.370. The molecule has 1 fully saturated rings. The number of carbonyl (C=O) groups excluding carboxylic acids is 2. The van der Waals surface area contributed by atoms with Crippen molar-refractivity contribution in [2.45, 2.75) is 152 Å². The second-order valence-electron chi connectivity index (χ2n) is 25.1. The van der Waals surface area contributed by atoms with Crippen LogP contribution in [0, 0.1) is 18.4 Å². The van der Waals surface area contributed by atoms with Crippen LogP contribution < -0.4 is 19.9 Å². The third kappa shape index (κ3) is 18.3. The number of terminal acetylenes is 1. The molecule has 17 nitrogen and oxygen atoms in total. The summed E-state index contributed by atoms with van der Waals surface area (Å²) in [7, 11) is -1.76. The molecule has 5 atom stereocenters. The second-order valence-corrected chi connectivity index (χ2v) is 26.9. The fourth-order valence-corrected chi connectivity index (χ4v) is 14.4. The van der Waals surface area contributed by atoms with E-state index in [1.165, 1.54) is 6.33 Å². The van der Waals surface area contributed by atoms with Gasteiger partial charge in [0.25, 0.3) is 0 Å². The molecule has 9 aromatic rings. The van der Waals surface area contributed by atoms with Crippen molar-refractivity contribution in [1.82, 2.24) is 24.6 Å². The minimum atomic E-state index is -4.95. The summed E-state index contributed by atoms with van der Waals surface area (Å²) in [5.41, 5.74) is 0.555. The van der Waals surface area contributed by atoms with E-state index in [0.29, 0.717) is 46.6 Å². The Morgan fingerprint density at radius 3 is 1.62 bits per heavy atom. The first kappa shape index (κ1) is 73.7. The maximum Gasteiger partial charge on any atom is 0.406 e. The van der Waals surface area contributed by atoms with E-state index < -0.39 is 74.1 Å². The number of fused-ring (bicyclic) bond motifs is 1. The van der Waals surface area contributed by atoms with E-state index in [0.717, 1.165) is 93.7 Å². The number of carbonyl (C=O) groups is 2. The molecule has 0 saturated carbocycles. The largest absolute Gasteiger partial charge is 0.497 e. The molecule has 524 valence electrons. The molecular weight excluding hydrogens is 1280 g/mol. The molecule has 10 rings (SSSR count). The van der Waals surface area contributed by atoms with Crippen LogP contribution in [0.5, 0.6) is 11.5 Å². The van der Waals surface area contributed by atoms with Gasteiger partial charge in [-0.2, -0.15) is 14.4 Å². The minimum absolute atomic E-state index is 0.0138. The van der Waals surface area contributed by atoms with Gasteiger partial charge in [-0.25, -0.2) is 19.4 Å². The molecular formula is C81H92FN6O11P. The number of hydrogen-bond donors (Lipinski definition) is 2. The molecule has 1 saturated heterocycles. The Kier molecular flexibility index (Phi) is 26.8. The van der Waals surface area contributed by atoms with Gasteiger partial charge in [-0.15, -0.1) is 6.42 Å². The number of nitrogens with one attached hydrogen (secondary N) is 2. The van der Waals surface area contributed by atoms with Crippen LogP contribution >= 0.6 is 7.75 Å². The minimum Gasteiger partial charge on any atom is -0.497 e. The zero-order valence-corrected chi connectivity index (χ0v) is 58.6. The van der Waals surface area contributed by atoms with Gasteiger partial charge in [0.2, 0.25) is 0 Å². The lowest BCUT2D eigenvalue weighted by Crippen LogP contribution is -2.49. The number of anilines is 1. The molecule has 100 heavy (non-hydrogen) atoms. The molecule has 1 aliphatic rings. The molecule has 0 spiro atoms. The monoisotopic (exact) mass is 1370 g/mol. The van der Waals surface area contributed by atoms with Gasteiger partial charge in [0, 0.05) is 6.42 Å². The average molecular weight is 1380 g/mol. The number of halogens is 1. The molecule has 1 unspecified atom stereocenters. The lowest BCUT2D eigenvalue weighted by Gasteiger charge is -2.41. The van der Waals surface area contributed by atoms with Gasteiger partial charge in [-0.1, -0.05) is 273 Å². The molecule has 0 bridgehead atoms. The van der Waals surface area contributed by atoms with E-state index >= 15 is 8.96 Å². The first-order chi connectivity index (χ1) is 48.9. The van der Waals surface area contributed by atoms with E-state index in [-0.39, 0.29) is 43.0 Å². The molecule has 0 amide bonds. The highest BCUT2D eigenvalue weighted by Gasteiger charge is 2.56. The average Bonchev–Trinajstić information content (AvgIpc) is 1.34. The van der Waals surface area contributed by atoms with Crippen LogP contribution in [0.1, 0.15) is 155 Å². The van der Waals surface area contributed by atoms with E-state index in [1.54, 1.807) is 18.8 Å². The van der Waals surface area contributed by atoms with Crippen LogP contribution in [0.2, 0.25) is 0 Å². The number of rotatable bonds is 40. The van der Waals surface area contributed by atoms with Gasteiger partial charge >= 0.3 is 25.8 Å². The lowest BCUT2D eigenvalue weighted by atomic mass is 9.77. The van der Waals surface area contributed by atoms with Gasteiger partial charge in [0.15, 0.2) is 29.2 Å². The Hall–Kier alpha value is -9.05. The summed E-state index contributed by atoms with van der Waals surface area (Å²) in [6.45, 7) is 2.98. The number of hydrogen-bond acceptors (Lipinski definition) is 15. The summed E-state index contributed by atoms with van der Waals surface area (Å²) in [5, 5.41) is 6.62. The zero-order chi connectivity index (χ0) is 70.1. The van der Waals surface area contributed by atoms with Gasteiger partial charge in [0.1, 0.15) is 47.6 Å². The Labute approximate surface area is 587 Å². The van der Waals surface area contributed by atoms with Crippen LogP contribution in [0.15, 0.2) is 207 Å². The molecule has 3 heterocycles. The third-order valence-electron chi connectivity index (χ3n) is 18.3. The van der Waals surface area contributed by atoms with Crippen LogP contribution in [-0.2, 0) is 59.7 Å². The second kappa shape index (κ2) is 36.3. The summed E-state index contributed by atoms with van der Waals surface area (Å²) < 4.78 is 85.4. The number of unbranched alkanes of at least 4 members (excludes halogenated alkanes) is 12. The first-order valence-electron chi connectivity index (χ1n) is 35.0. The Balaban J connectivity index is 1.07. The predicted molar refractivity (Wildman–Crippen MR) is 386 cm³/mol. The van der Waals surface area contributed by atoms with Crippen molar-refractivity contribution in [2.24, 2.45) is 0 Å². The topological polar surface area (TPSA) is 193 Å². The predicted octanol–water partition coefficient (Wildman–Crippen LogP) is 17.0. The highest BCUT2D eigenvalue weighted by molar-refractivity contribution is 7.51. The number of imidazole rings is 1. The Morgan fingerprint density at radius 2 is 1.10 bits per heavy atom. The number of benzene rings is 7. The Morgan fingerprint density at radius 1 is 0.630 bits per heavy atom. The van der Waals surface area contributed by atoms with Gasteiger partial charge in [-0.05, 0) is 82.5 Å². The van der Waals surface area contributed by atoms with E-state index in [1.807, 2.05) is 200 Å². The van der Waals surface area contributed by atoms with Crippen LogP contribution in [0.4, 0.5) is 10.2 Å². The van der Waals surface area contributed by atoms with Crippen molar-refractivity contribution in [3.63, 3.8) is 0 Å². The highest BCUT2D eigenvalue weighted by Crippen LogP contribution is 2.52. The zero-order valence-electron chi connectivity index (χ0n) is 57.7. The SMILES string of the molecule is C#C[C@]1(COP(=O)(N[C@@H](Cc2ccccc2)C(=O)OCCCCCCCCC)OCC(=O)OCCCCCCCCC)O[C@@H](n2cnc3c(NC(c4ccccc4)(c4ccccc4)c4ccc(OC)cc4)nc(F)nc32)C[C@@H]1OC(c1ccccc1)(c1ccccc1)c1ccc(OC)cc1. The van der Waals surface area contributed by atoms with Crippen molar-refractivity contribution in [3.8, 4) is 23.8 Å². The van der Waals surface area contributed by atoms with Gasteiger partial charge < -0.3 is 33.7 Å². The van der Waals surface area contributed by atoms with Crippen molar-refractivity contribution in [1.29, 1.82) is 0 Å². The smallest absolute Gasteiger partial charge is 0.406 e. The van der Waals surface area contributed by atoms with Crippen molar-refractivity contribution in [2.75, 3.05) is 46.0 Å². The number of esters is 2. The number of methoxy groups -OCH3 is 2. The van der Waals surface area contributed by atoms with Crippen molar-refractivity contribution in [3.05, 3.63) is 252 Å². The summed E-state index contributed by atoms with van der Waals surface area (Å²) in [6.07, 6.45) is 18.7. The molecule has 7 aromatic carbocycles. The van der Waals surface area contributed by atoms with E-state index in [9.17, 15) is 9.59 Å². The maximum atomic E-state index is 16.9. The van der Waals surface area contributed by atoms with Crippen LogP contribution in [0.3, 0.4) is 0 Å². The normalized spacial score (nSPS) is 16.3. The standard InChI is InChI=1S/C81H92FN6O11P/c1-6-9-11-13-15-17-34-54-94-73(89)58-96-100(91,87-70(56-61-36-24-19-25-37-61)77(90)95-55-35-18-16-14-12-10-7-2)97-59-79(8-3)71(98-81(65-42-30-22-31-43-65,66-44-32-23-33-45-66)67-48-52-69(93-5)53-49-67)57-72(99-79)88-60-83-74-75(84-78(82)85-76(74)88)86-80(62-38-26-20-27-39-62,63-40-28-21-29-41-63)64-46-50-68(92-4)51-47-64/h3,19-33,36-53,60,70-72H,6-7,9-18,34-35,54-59H2,1-2,4-5H3,(H,87,91)(H,84,85,86)/t70-,71-,72+,79+,100?/m0/s1. The molecule has 0 aliphatic carbocycles. The summed E-state index contributed by atoms with van der Waals surface area (Å²) in [5.74, 6) is 2.66. The number of nitrogens with zero attached hydrogens (tertiary/aromatic N) is 4. The quantitative estimate of drug-likeness (QED) is 0.00919. The van der Waals surface area contributed by atoms with Crippen LogP contribution in [0.25, 0.3) is 11.2 Å². The lowest BCUT2D eigenvalue weighted by molar-refractivity contribution is -0.147. The summed E-state index contributed by atoms with van der Waals surface area (Å²) in [6, 6.07) is 61.7. The van der Waals surface area contributed by atoms with Crippen molar-refractivity contribution >= 4 is 36.7 Å². The molecule has 0 radical (unpaired) electrons. The van der Waals surface area contributed by atoms with E-state index in [2.05, 4.69) is 40.1 Å². The highest BCUT2D eigenvalue weighted by atomic mass is 31.2. The number of aromatic nitrogens is 4. The van der Waals surface area contributed by atoms with Gasteiger partial charge in [0.05, 0.1) is 33.8 Å². The molecule has 19 heteroatoms. The maximum absolute atomic E-state index is 16.9. The van der Waals surface area contributed by atoms with Crippen molar-refractivity contribution < 1.29 is 56.0 Å². The molecule has 1 aliphatic heterocycles. The molecule has 2 aromatic heterocycles. The number of ether oxygens (including phenoxy) is 6. The summed E-state index contributed by atoms with van der Waals surface area (Å²) >= 11 is 0. The molecule has 2 N–H and O–H groups in total. The third-order valence-corrected chi connectivity index (χ3v) is 19.9. The first-order valence-corrected chi connectivity index (χ1v) is 36.5.